The second kappa shape index (κ2) is 13.3. The molecule has 1 aliphatic carbocycles. The number of fused-ring (bicyclic) bond motifs is 6. The summed E-state index contributed by atoms with van der Waals surface area (Å²) in [5.41, 5.74) is 15.9. The maximum atomic E-state index is 9.27. The third-order valence-corrected chi connectivity index (χ3v) is 12.3. The highest BCUT2D eigenvalue weighted by Gasteiger charge is 2.37. The van der Waals surface area contributed by atoms with E-state index in [1.807, 2.05) is 12.1 Å². The van der Waals surface area contributed by atoms with Crippen LogP contribution < -0.4 is 0 Å². The SMILES string of the molecule is [2H]c1c([2H])c([2H])c(-c2cccc3c2c2c(C(C)(C)C)c(C4c5ccc(C(C)C)cc5-c5cc(C(C)(C)C)ccc54)ccc2n3-c2cc(C(C)(C)C)cc(C(C)(C)C)c2)c([2H])c1[2H]. The van der Waals surface area contributed by atoms with Gasteiger partial charge in [0.05, 0.1) is 17.9 Å². The number of benzene rings is 6. The van der Waals surface area contributed by atoms with E-state index in [9.17, 15) is 2.74 Å². The van der Waals surface area contributed by atoms with Gasteiger partial charge in [0.25, 0.3) is 0 Å². The molecule has 6 aromatic carbocycles. The summed E-state index contributed by atoms with van der Waals surface area (Å²) in [4.78, 5) is 0. The lowest BCUT2D eigenvalue weighted by Gasteiger charge is -2.29. The fourth-order valence-electron chi connectivity index (χ4n) is 9.12. The molecule has 0 amide bonds. The van der Waals surface area contributed by atoms with Crippen LogP contribution in [0.15, 0.2) is 115 Å². The first-order valence-corrected chi connectivity index (χ1v) is 20.8. The molecule has 0 aliphatic heterocycles. The summed E-state index contributed by atoms with van der Waals surface area (Å²) in [5, 5.41) is 1.94. The van der Waals surface area contributed by atoms with Gasteiger partial charge in [-0.3, -0.25) is 0 Å². The number of nitrogens with zero attached hydrogens (tertiary/aromatic N) is 1. The quantitative estimate of drug-likeness (QED) is 0.169. The summed E-state index contributed by atoms with van der Waals surface area (Å²) in [6, 6.07) is 30.4. The van der Waals surface area contributed by atoms with E-state index in [0.717, 1.165) is 27.5 Å². The Labute approximate surface area is 350 Å². The first-order valence-electron chi connectivity index (χ1n) is 23.3. The Balaban J connectivity index is 1.58. The van der Waals surface area contributed by atoms with Crippen LogP contribution in [0, 0.1) is 0 Å². The van der Waals surface area contributed by atoms with Gasteiger partial charge in [0.2, 0.25) is 0 Å². The molecule has 0 saturated carbocycles. The molecule has 0 saturated heterocycles. The predicted molar refractivity (Wildman–Crippen MR) is 248 cm³/mol. The molecule has 1 atom stereocenters. The summed E-state index contributed by atoms with van der Waals surface area (Å²) < 4.78 is 46.9. The Hall–Kier alpha value is -4.88. The zero-order valence-electron chi connectivity index (χ0n) is 41.7. The average Bonchev–Trinajstić information content (AvgIpc) is 3.70. The van der Waals surface area contributed by atoms with Crippen molar-refractivity contribution in [2.75, 3.05) is 0 Å². The van der Waals surface area contributed by atoms with Crippen molar-refractivity contribution >= 4 is 21.8 Å². The average molecular weight is 755 g/mol. The minimum Gasteiger partial charge on any atom is -0.309 e. The van der Waals surface area contributed by atoms with Crippen LogP contribution in [0.2, 0.25) is 0 Å². The molecule has 8 rings (SSSR count). The van der Waals surface area contributed by atoms with Crippen LogP contribution >= 0.6 is 0 Å². The van der Waals surface area contributed by atoms with Gasteiger partial charge in [-0.05, 0) is 119 Å². The Morgan fingerprint density at radius 1 is 0.509 bits per heavy atom. The lowest BCUT2D eigenvalue weighted by atomic mass is 9.75. The number of hydrogen-bond acceptors (Lipinski definition) is 0. The van der Waals surface area contributed by atoms with Crippen LogP contribution in [-0.2, 0) is 21.7 Å². The Morgan fingerprint density at radius 2 is 1.07 bits per heavy atom. The minimum absolute atomic E-state index is 0.0167. The van der Waals surface area contributed by atoms with Crippen LogP contribution in [0.5, 0.6) is 0 Å². The fourth-order valence-corrected chi connectivity index (χ4v) is 9.12. The largest absolute Gasteiger partial charge is 0.309 e. The van der Waals surface area contributed by atoms with E-state index in [0.29, 0.717) is 11.5 Å². The lowest BCUT2D eigenvalue weighted by molar-refractivity contribution is 0.568. The van der Waals surface area contributed by atoms with Gasteiger partial charge in [0, 0.05) is 22.4 Å². The summed E-state index contributed by atoms with van der Waals surface area (Å²) in [6.45, 7) is 31.8. The molecule has 0 radical (unpaired) electrons. The lowest BCUT2D eigenvalue weighted by Crippen LogP contribution is -2.18. The van der Waals surface area contributed by atoms with Crippen LogP contribution in [0.4, 0.5) is 0 Å². The summed E-state index contributed by atoms with van der Waals surface area (Å²) >= 11 is 0. The Bertz CT molecular complexity index is 2910. The van der Waals surface area contributed by atoms with Gasteiger partial charge < -0.3 is 4.57 Å². The normalized spacial score (nSPS) is 16.1. The third kappa shape index (κ3) is 6.66. The van der Waals surface area contributed by atoms with E-state index >= 15 is 0 Å². The molecule has 1 heteroatoms. The van der Waals surface area contributed by atoms with E-state index in [4.69, 9.17) is 4.11 Å². The number of hydrogen-bond donors (Lipinski definition) is 0. The maximum Gasteiger partial charge on any atom is 0.0629 e. The molecule has 0 bridgehead atoms. The maximum absolute atomic E-state index is 9.27. The zero-order chi connectivity index (χ0) is 45.3. The van der Waals surface area contributed by atoms with E-state index < -0.39 is 6.04 Å². The monoisotopic (exact) mass is 755 g/mol. The van der Waals surface area contributed by atoms with Gasteiger partial charge in [0.15, 0.2) is 0 Å². The highest BCUT2D eigenvalue weighted by atomic mass is 15.0. The summed E-state index contributed by atoms with van der Waals surface area (Å²) in [5.74, 6) is 0.341. The molecule has 1 nitrogen and oxygen atoms in total. The van der Waals surface area contributed by atoms with Crippen LogP contribution in [0.3, 0.4) is 0 Å². The van der Waals surface area contributed by atoms with Gasteiger partial charge in [-0.1, -0.05) is 188 Å². The first-order chi connectivity index (χ1) is 28.7. The minimum atomic E-state index is -0.390. The molecule has 1 unspecified atom stereocenters. The van der Waals surface area contributed by atoms with Crippen LogP contribution in [0.25, 0.3) is 49.7 Å². The fraction of sp³-hybridized carbons (Fsp3) is 0.357. The second-order valence-electron chi connectivity index (χ2n) is 21.0. The van der Waals surface area contributed by atoms with Gasteiger partial charge in [-0.15, -0.1) is 0 Å². The molecule has 1 aromatic heterocycles. The van der Waals surface area contributed by atoms with Crippen molar-refractivity contribution in [1.29, 1.82) is 0 Å². The number of aromatic nitrogens is 1. The smallest absolute Gasteiger partial charge is 0.0629 e. The second-order valence-corrected chi connectivity index (χ2v) is 21.0. The van der Waals surface area contributed by atoms with Gasteiger partial charge in [-0.2, -0.15) is 0 Å². The van der Waals surface area contributed by atoms with Crippen molar-refractivity contribution in [2.24, 2.45) is 0 Å². The highest BCUT2D eigenvalue weighted by Crippen LogP contribution is 2.54. The molecule has 0 N–H and O–H groups in total. The summed E-state index contributed by atoms with van der Waals surface area (Å²) in [7, 11) is 0. The zero-order valence-corrected chi connectivity index (χ0v) is 36.7. The molecule has 0 fully saturated rings. The molecule has 1 heterocycles. The molecule has 0 spiro atoms. The molecular weight excluding hydrogens is 687 g/mol. The van der Waals surface area contributed by atoms with Crippen molar-refractivity contribution in [3.05, 3.63) is 160 Å². The van der Waals surface area contributed by atoms with Crippen LogP contribution in [-0.4, -0.2) is 4.57 Å². The molecule has 57 heavy (non-hydrogen) atoms. The van der Waals surface area contributed by atoms with Gasteiger partial charge in [-0.25, -0.2) is 0 Å². The summed E-state index contributed by atoms with van der Waals surface area (Å²) in [6.07, 6.45) is 0. The Kier molecular flexibility index (Phi) is 7.75. The van der Waals surface area contributed by atoms with E-state index in [-0.39, 0.29) is 57.3 Å². The Morgan fingerprint density at radius 3 is 1.65 bits per heavy atom. The van der Waals surface area contributed by atoms with Crippen molar-refractivity contribution in [3.8, 4) is 27.9 Å². The van der Waals surface area contributed by atoms with Gasteiger partial charge in [0.1, 0.15) is 0 Å². The van der Waals surface area contributed by atoms with Crippen molar-refractivity contribution in [2.45, 2.75) is 130 Å². The standard InChI is InChI=1S/C56H63N/c1-34(2)36-23-25-42-45(29-36)46-33-37(53(3,4)5)24-26-43(46)49(42)44-27-28-48-51(52(44)56(12,13)14)50-41(35-19-16-15-17-20-35)21-18-22-47(50)57(48)40-31-38(54(6,7)8)30-39(32-40)55(9,10)11/h15-34,49H,1-14H3/i15D,16D,17D,19D,20D. The van der Waals surface area contributed by atoms with E-state index in [2.05, 4.69) is 174 Å². The van der Waals surface area contributed by atoms with E-state index in [1.165, 1.54) is 55.6 Å². The molecule has 292 valence electrons. The molecule has 7 aromatic rings. The third-order valence-electron chi connectivity index (χ3n) is 12.3. The van der Waals surface area contributed by atoms with Crippen molar-refractivity contribution in [3.63, 3.8) is 0 Å². The molecule has 1 aliphatic rings. The highest BCUT2D eigenvalue weighted by molar-refractivity contribution is 6.17. The van der Waals surface area contributed by atoms with Crippen molar-refractivity contribution in [1.82, 2.24) is 4.57 Å². The van der Waals surface area contributed by atoms with Crippen LogP contribution in [0.1, 0.15) is 160 Å². The number of rotatable bonds is 4. The predicted octanol–water partition coefficient (Wildman–Crippen LogP) is 15.9. The first kappa shape index (κ1) is 33.1. The molecular formula is C56H63N. The van der Waals surface area contributed by atoms with Gasteiger partial charge >= 0.3 is 0 Å². The van der Waals surface area contributed by atoms with Crippen molar-refractivity contribution < 1.29 is 6.85 Å². The topological polar surface area (TPSA) is 4.93 Å². The van der Waals surface area contributed by atoms with E-state index in [1.54, 1.807) is 0 Å².